The summed E-state index contributed by atoms with van der Waals surface area (Å²) >= 11 is 0. The second-order valence-electron chi connectivity index (χ2n) is 6.11. The number of urea groups is 1. The van der Waals surface area contributed by atoms with Crippen LogP contribution >= 0.6 is 0 Å². The van der Waals surface area contributed by atoms with E-state index in [0.717, 1.165) is 12.8 Å². The Hall–Kier alpha value is -1.26. The predicted molar refractivity (Wildman–Crippen MR) is 71.9 cm³/mol. The molecule has 0 aromatic rings. The molecule has 5 heteroatoms. The summed E-state index contributed by atoms with van der Waals surface area (Å²) in [5, 5.41) is 8.96. The first kappa shape index (κ1) is 14.2. The molecule has 5 nitrogen and oxygen atoms in total. The summed E-state index contributed by atoms with van der Waals surface area (Å²) in [7, 11) is 0. The summed E-state index contributed by atoms with van der Waals surface area (Å²) in [4.78, 5) is 27.1. The molecule has 19 heavy (non-hydrogen) atoms. The smallest absolute Gasteiger partial charge is 0.320 e. The second-order valence-corrected chi connectivity index (χ2v) is 6.11. The molecule has 0 aliphatic carbocycles. The van der Waals surface area contributed by atoms with Gasteiger partial charge in [-0.1, -0.05) is 6.92 Å². The van der Waals surface area contributed by atoms with Gasteiger partial charge < -0.3 is 14.9 Å². The number of rotatable bonds is 2. The van der Waals surface area contributed by atoms with Gasteiger partial charge in [0.15, 0.2) is 0 Å². The number of amides is 2. The van der Waals surface area contributed by atoms with Crippen molar-refractivity contribution >= 4 is 12.0 Å². The highest BCUT2D eigenvalue weighted by Crippen LogP contribution is 2.29. The minimum absolute atomic E-state index is 0.0912. The van der Waals surface area contributed by atoms with Gasteiger partial charge in [0.25, 0.3) is 0 Å². The molecule has 2 aliphatic heterocycles. The van der Waals surface area contributed by atoms with Crippen LogP contribution in [-0.4, -0.2) is 52.1 Å². The minimum atomic E-state index is -0.767. The predicted octanol–water partition coefficient (Wildman–Crippen LogP) is 2.02. The lowest BCUT2D eigenvalue weighted by atomic mass is 9.87. The summed E-state index contributed by atoms with van der Waals surface area (Å²) in [5.41, 5.74) is 0. The standard InChI is InChI=1S/C14H24N2O3/c1-9-5-4-6-10(2)16(9)14(19)15-7-12(8-15)11(3)13(17)18/h9-12H,4-8H2,1-3H3,(H,17,18)/t9-,10+,11?. The van der Waals surface area contributed by atoms with E-state index in [2.05, 4.69) is 13.8 Å². The maximum atomic E-state index is 12.4. The Labute approximate surface area is 114 Å². The normalized spacial score (nSPS) is 29.8. The number of likely N-dealkylation sites (tertiary alicyclic amines) is 2. The molecule has 2 rings (SSSR count). The lowest BCUT2D eigenvalue weighted by molar-refractivity contribution is -0.145. The molecular weight excluding hydrogens is 244 g/mol. The van der Waals surface area contributed by atoms with Gasteiger partial charge in [0.05, 0.1) is 5.92 Å². The van der Waals surface area contributed by atoms with Crippen molar-refractivity contribution in [1.29, 1.82) is 0 Å². The number of hydrogen-bond acceptors (Lipinski definition) is 2. The van der Waals surface area contributed by atoms with Crippen LogP contribution in [-0.2, 0) is 4.79 Å². The Morgan fingerprint density at radius 2 is 1.68 bits per heavy atom. The lowest BCUT2D eigenvalue weighted by Gasteiger charge is -2.47. The van der Waals surface area contributed by atoms with Crippen molar-refractivity contribution in [2.24, 2.45) is 11.8 Å². The van der Waals surface area contributed by atoms with Crippen molar-refractivity contribution in [1.82, 2.24) is 9.80 Å². The first-order valence-electron chi connectivity index (χ1n) is 7.21. The van der Waals surface area contributed by atoms with E-state index in [0.29, 0.717) is 25.2 Å². The van der Waals surface area contributed by atoms with Crippen LogP contribution in [0.4, 0.5) is 4.79 Å². The molecule has 0 saturated carbocycles. The largest absolute Gasteiger partial charge is 0.481 e. The number of nitrogens with zero attached hydrogens (tertiary/aromatic N) is 2. The number of carbonyl (C=O) groups is 2. The maximum Gasteiger partial charge on any atom is 0.320 e. The van der Waals surface area contributed by atoms with E-state index >= 15 is 0 Å². The number of hydrogen-bond donors (Lipinski definition) is 1. The highest BCUT2D eigenvalue weighted by Gasteiger charge is 2.41. The molecule has 108 valence electrons. The van der Waals surface area contributed by atoms with Gasteiger partial charge in [-0.3, -0.25) is 4.79 Å². The molecule has 0 spiro atoms. The van der Waals surface area contributed by atoms with Crippen LogP contribution in [0.15, 0.2) is 0 Å². The van der Waals surface area contributed by atoms with E-state index in [1.165, 1.54) is 6.42 Å². The zero-order valence-electron chi connectivity index (χ0n) is 12.0. The highest BCUT2D eigenvalue weighted by atomic mass is 16.4. The molecule has 2 amide bonds. The summed E-state index contributed by atoms with van der Waals surface area (Å²) in [5.74, 6) is -1.02. The van der Waals surface area contributed by atoms with E-state index in [1.807, 2.05) is 4.90 Å². The van der Waals surface area contributed by atoms with E-state index in [4.69, 9.17) is 5.11 Å². The van der Waals surface area contributed by atoms with E-state index in [1.54, 1.807) is 11.8 Å². The van der Waals surface area contributed by atoms with Crippen LogP contribution in [0.25, 0.3) is 0 Å². The van der Waals surface area contributed by atoms with Gasteiger partial charge in [0, 0.05) is 31.1 Å². The Morgan fingerprint density at radius 3 is 2.16 bits per heavy atom. The first-order valence-corrected chi connectivity index (χ1v) is 7.21. The van der Waals surface area contributed by atoms with Gasteiger partial charge in [-0.2, -0.15) is 0 Å². The van der Waals surface area contributed by atoms with Crippen molar-refractivity contribution < 1.29 is 14.7 Å². The Morgan fingerprint density at radius 1 is 1.16 bits per heavy atom. The zero-order chi connectivity index (χ0) is 14.2. The molecule has 2 saturated heterocycles. The summed E-state index contributed by atoms with van der Waals surface area (Å²) < 4.78 is 0. The van der Waals surface area contributed by atoms with Crippen LogP contribution in [0.5, 0.6) is 0 Å². The maximum absolute atomic E-state index is 12.4. The Bertz CT molecular complexity index is 356. The lowest BCUT2D eigenvalue weighted by Crippen LogP contribution is -2.61. The van der Waals surface area contributed by atoms with Crippen LogP contribution in [0.3, 0.4) is 0 Å². The molecule has 3 atom stereocenters. The number of carboxylic acid groups (broad SMARTS) is 1. The van der Waals surface area contributed by atoms with E-state index in [9.17, 15) is 9.59 Å². The Balaban J connectivity index is 1.90. The summed E-state index contributed by atoms with van der Waals surface area (Å²) in [6.07, 6.45) is 3.32. The fraction of sp³-hybridized carbons (Fsp3) is 0.857. The molecule has 2 fully saturated rings. The summed E-state index contributed by atoms with van der Waals surface area (Å²) in [6, 6.07) is 0.688. The molecule has 2 aliphatic rings. The van der Waals surface area contributed by atoms with Gasteiger partial charge in [-0.05, 0) is 33.1 Å². The van der Waals surface area contributed by atoms with Crippen molar-refractivity contribution in [3.63, 3.8) is 0 Å². The van der Waals surface area contributed by atoms with Crippen molar-refractivity contribution in [3.05, 3.63) is 0 Å². The average Bonchev–Trinajstić information content (AvgIpc) is 2.26. The van der Waals surface area contributed by atoms with Crippen molar-refractivity contribution in [2.75, 3.05) is 13.1 Å². The fourth-order valence-corrected chi connectivity index (χ4v) is 3.15. The van der Waals surface area contributed by atoms with Gasteiger partial charge in [0.2, 0.25) is 0 Å². The topological polar surface area (TPSA) is 60.9 Å². The molecular formula is C14H24N2O3. The quantitative estimate of drug-likeness (QED) is 0.833. The van der Waals surface area contributed by atoms with Crippen molar-refractivity contribution in [3.8, 4) is 0 Å². The van der Waals surface area contributed by atoms with Gasteiger partial charge in [-0.15, -0.1) is 0 Å². The zero-order valence-corrected chi connectivity index (χ0v) is 12.0. The number of carboxylic acids is 1. The summed E-state index contributed by atoms with van der Waals surface area (Å²) in [6.45, 7) is 7.10. The number of carbonyl (C=O) groups excluding carboxylic acids is 1. The third-order valence-electron chi connectivity index (χ3n) is 4.69. The van der Waals surface area contributed by atoms with Crippen LogP contribution in [0.2, 0.25) is 0 Å². The average molecular weight is 268 g/mol. The second kappa shape index (κ2) is 5.39. The molecule has 0 radical (unpaired) electrons. The van der Waals surface area contributed by atoms with Crippen LogP contribution in [0, 0.1) is 11.8 Å². The van der Waals surface area contributed by atoms with E-state index < -0.39 is 5.97 Å². The molecule has 1 N–H and O–H groups in total. The van der Waals surface area contributed by atoms with Crippen LogP contribution < -0.4 is 0 Å². The number of aliphatic carboxylic acids is 1. The number of piperidine rings is 1. The first-order chi connectivity index (χ1) is 8.91. The molecule has 1 unspecified atom stereocenters. The molecule has 0 aromatic carbocycles. The molecule has 0 aromatic heterocycles. The van der Waals surface area contributed by atoms with Gasteiger partial charge >= 0.3 is 12.0 Å². The third-order valence-corrected chi connectivity index (χ3v) is 4.69. The molecule has 2 heterocycles. The SMILES string of the molecule is CC(C(=O)O)C1CN(C(=O)N2[C@H](C)CCC[C@@H]2C)C1. The highest BCUT2D eigenvalue weighted by molar-refractivity contribution is 5.77. The third kappa shape index (κ3) is 2.69. The van der Waals surface area contributed by atoms with Crippen LogP contribution in [0.1, 0.15) is 40.0 Å². The Kier molecular flexibility index (Phi) is 4.02. The van der Waals surface area contributed by atoms with Crippen molar-refractivity contribution in [2.45, 2.75) is 52.1 Å². The minimum Gasteiger partial charge on any atom is -0.481 e. The van der Waals surface area contributed by atoms with E-state index in [-0.39, 0.29) is 17.9 Å². The van der Waals surface area contributed by atoms with Gasteiger partial charge in [0.1, 0.15) is 0 Å². The monoisotopic (exact) mass is 268 g/mol. The fourth-order valence-electron chi connectivity index (χ4n) is 3.15. The van der Waals surface area contributed by atoms with Gasteiger partial charge in [-0.25, -0.2) is 4.79 Å². The molecule has 0 bridgehead atoms.